The van der Waals surface area contributed by atoms with Gasteiger partial charge in [0.25, 0.3) is 0 Å². The Bertz CT molecular complexity index is 1170. The first-order valence-corrected chi connectivity index (χ1v) is 12.0. The lowest BCUT2D eigenvalue weighted by Crippen LogP contribution is -2.38. The highest BCUT2D eigenvalue weighted by atomic mass is 35.5. The van der Waals surface area contributed by atoms with Gasteiger partial charge < -0.3 is 4.57 Å². The number of aromatic nitrogens is 4. The molecule has 10 heteroatoms. The van der Waals surface area contributed by atoms with Crippen molar-refractivity contribution >= 4 is 34.0 Å². The summed E-state index contributed by atoms with van der Waals surface area (Å²) >= 11 is 7.71. The Balaban J connectivity index is 1.40. The molecule has 1 aliphatic heterocycles. The lowest BCUT2D eigenvalue weighted by Gasteiger charge is -2.30. The van der Waals surface area contributed by atoms with E-state index in [-0.39, 0.29) is 17.2 Å². The normalized spacial score (nSPS) is 22.6. The molecule has 0 saturated heterocycles. The molecule has 0 spiro atoms. The molecule has 2 aliphatic rings. The van der Waals surface area contributed by atoms with E-state index in [0.717, 1.165) is 52.1 Å². The standard InChI is InChI=1S/C22H23ClF3N5S/c1-13-11-32-20(28-13)18-10-31(19-17(18)8-27-21(23)29-19)16-5-4-14(7-16)15-3-2-6-30(9-15)12-22(24,25)26/h3,8,10-11,14,16H,2,4-7,9,12H2,1H3. The molecule has 1 fully saturated rings. The first-order chi connectivity index (χ1) is 15.3. The van der Waals surface area contributed by atoms with Gasteiger partial charge in [0.1, 0.15) is 10.7 Å². The minimum absolute atomic E-state index is 0.200. The highest BCUT2D eigenvalue weighted by Crippen LogP contribution is 2.43. The van der Waals surface area contributed by atoms with E-state index >= 15 is 0 Å². The first kappa shape index (κ1) is 21.9. The van der Waals surface area contributed by atoms with E-state index in [0.29, 0.717) is 19.5 Å². The lowest BCUT2D eigenvalue weighted by molar-refractivity contribution is -0.145. The van der Waals surface area contributed by atoms with Crippen molar-refractivity contribution in [1.29, 1.82) is 0 Å². The van der Waals surface area contributed by atoms with Gasteiger partial charge in [0, 0.05) is 53.5 Å². The SMILES string of the molecule is Cc1csc(-c2cn(C3CCC(C4=CCCN(CC(F)(F)F)C4)C3)c3nc(Cl)ncc23)n1. The van der Waals surface area contributed by atoms with Gasteiger partial charge >= 0.3 is 6.18 Å². The van der Waals surface area contributed by atoms with Crippen molar-refractivity contribution in [1.82, 2.24) is 24.4 Å². The number of hydrogen-bond donors (Lipinski definition) is 0. The third-order valence-corrected chi connectivity index (χ3v) is 7.55. The molecule has 5 nitrogen and oxygen atoms in total. The van der Waals surface area contributed by atoms with E-state index < -0.39 is 12.7 Å². The zero-order valence-electron chi connectivity index (χ0n) is 17.6. The zero-order valence-corrected chi connectivity index (χ0v) is 19.1. The summed E-state index contributed by atoms with van der Waals surface area (Å²) in [6.07, 6.45) is 5.29. The van der Waals surface area contributed by atoms with E-state index in [1.54, 1.807) is 17.5 Å². The highest BCUT2D eigenvalue weighted by Gasteiger charge is 2.35. The van der Waals surface area contributed by atoms with Crippen LogP contribution in [0.4, 0.5) is 13.2 Å². The minimum atomic E-state index is -4.16. The maximum absolute atomic E-state index is 12.9. The summed E-state index contributed by atoms with van der Waals surface area (Å²) in [5.41, 5.74) is 3.89. The third-order valence-electron chi connectivity index (χ3n) is 6.38. The number of alkyl halides is 3. The molecule has 2 atom stereocenters. The second-order valence-corrected chi connectivity index (χ2v) is 9.87. The summed E-state index contributed by atoms with van der Waals surface area (Å²) in [7, 11) is 0. The first-order valence-electron chi connectivity index (χ1n) is 10.7. The molecule has 32 heavy (non-hydrogen) atoms. The van der Waals surface area contributed by atoms with Gasteiger partial charge in [-0.1, -0.05) is 11.6 Å². The van der Waals surface area contributed by atoms with Crippen molar-refractivity contribution in [3.8, 4) is 10.6 Å². The number of rotatable bonds is 4. The molecule has 3 aromatic heterocycles. The van der Waals surface area contributed by atoms with Crippen LogP contribution in [0.1, 0.15) is 37.4 Å². The summed E-state index contributed by atoms with van der Waals surface area (Å²) in [4.78, 5) is 14.8. The number of halogens is 4. The largest absolute Gasteiger partial charge is 0.401 e. The third kappa shape index (κ3) is 4.43. The minimum Gasteiger partial charge on any atom is -0.329 e. The molecule has 2 unspecified atom stereocenters. The van der Waals surface area contributed by atoms with Gasteiger partial charge in [-0.15, -0.1) is 11.3 Å². The molecule has 0 amide bonds. The molecule has 1 aliphatic carbocycles. The van der Waals surface area contributed by atoms with Crippen molar-refractivity contribution < 1.29 is 13.2 Å². The Kier molecular flexibility index (Phi) is 5.75. The Labute approximate surface area is 192 Å². The Hall–Kier alpha value is -1.97. The quantitative estimate of drug-likeness (QED) is 0.336. The molecule has 0 radical (unpaired) electrons. The molecule has 3 aromatic rings. The Morgan fingerprint density at radius 1 is 1.25 bits per heavy atom. The lowest BCUT2D eigenvalue weighted by atomic mass is 9.93. The number of aryl methyl sites for hydroxylation is 1. The second kappa shape index (κ2) is 8.43. The molecule has 0 bridgehead atoms. The fourth-order valence-electron chi connectivity index (χ4n) is 5.00. The molecule has 5 rings (SSSR count). The summed E-state index contributed by atoms with van der Waals surface area (Å²) in [6.45, 7) is 2.00. The summed E-state index contributed by atoms with van der Waals surface area (Å²) < 4.78 is 40.8. The number of hydrogen-bond acceptors (Lipinski definition) is 5. The van der Waals surface area contributed by atoms with E-state index in [2.05, 4.69) is 31.8 Å². The average Bonchev–Trinajstić information content (AvgIpc) is 3.44. The van der Waals surface area contributed by atoms with E-state index in [9.17, 15) is 13.2 Å². The van der Waals surface area contributed by atoms with Gasteiger partial charge in [0.15, 0.2) is 0 Å². The van der Waals surface area contributed by atoms with Crippen LogP contribution in [-0.4, -0.2) is 50.2 Å². The van der Waals surface area contributed by atoms with Crippen LogP contribution in [0.5, 0.6) is 0 Å². The van der Waals surface area contributed by atoms with Gasteiger partial charge in [0.05, 0.1) is 6.54 Å². The summed E-state index contributed by atoms with van der Waals surface area (Å²) in [5.74, 6) is 0.288. The Morgan fingerprint density at radius 3 is 2.84 bits per heavy atom. The van der Waals surface area contributed by atoms with Crippen molar-refractivity contribution in [3.05, 3.63) is 40.4 Å². The summed E-state index contributed by atoms with van der Waals surface area (Å²) in [6, 6.07) is 0.210. The zero-order chi connectivity index (χ0) is 22.5. The molecule has 1 saturated carbocycles. The van der Waals surface area contributed by atoms with Crippen molar-refractivity contribution in [2.45, 2.75) is 44.8 Å². The van der Waals surface area contributed by atoms with E-state index in [1.807, 2.05) is 12.3 Å². The highest BCUT2D eigenvalue weighted by molar-refractivity contribution is 7.13. The second-order valence-electron chi connectivity index (χ2n) is 8.68. The molecule has 0 N–H and O–H groups in total. The van der Waals surface area contributed by atoms with Crippen LogP contribution >= 0.6 is 22.9 Å². The van der Waals surface area contributed by atoms with Crippen LogP contribution in [0.15, 0.2) is 29.4 Å². The van der Waals surface area contributed by atoms with Crippen molar-refractivity contribution in [2.24, 2.45) is 5.92 Å². The average molecular weight is 482 g/mol. The molecule has 4 heterocycles. The van der Waals surface area contributed by atoms with Crippen molar-refractivity contribution in [2.75, 3.05) is 19.6 Å². The molecule has 170 valence electrons. The van der Waals surface area contributed by atoms with Crippen molar-refractivity contribution in [3.63, 3.8) is 0 Å². The van der Waals surface area contributed by atoms with Crippen LogP contribution in [0.3, 0.4) is 0 Å². The predicted octanol–water partition coefficient (Wildman–Crippen LogP) is 6.05. The van der Waals surface area contributed by atoms with Gasteiger partial charge in [0.2, 0.25) is 5.28 Å². The van der Waals surface area contributed by atoms with Gasteiger partial charge in [-0.25, -0.2) is 9.97 Å². The van der Waals surface area contributed by atoms with Crippen LogP contribution in [-0.2, 0) is 0 Å². The fourth-order valence-corrected chi connectivity index (χ4v) is 5.95. The monoisotopic (exact) mass is 481 g/mol. The summed E-state index contributed by atoms with van der Waals surface area (Å²) in [5, 5.41) is 4.05. The van der Waals surface area contributed by atoms with E-state index in [1.165, 1.54) is 4.90 Å². The van der Waals surface area contributed by atoms with Crippen LogP contribution in [0, 0.1) is 12.8 Å². The molecular formula is C22H23ClF3N5S. The predicted molar refractivity (Wildman–Crippen MR) is 120 cm³/mol. The number of nitrogens with zero attached hydrogens (tertiary/aromatic N) is 5. The van der Waals surface area contributed by atoms with Gasteiger partial charge in [-0.3, -0.25) is 4.90 Å². The maximum Gasteiger partial charge on any atom is 0.401 e. The molecule has 0 aromatic carbocycles. The number of fused-ring (bicyclic) bond motifs is 1. The van der Waals surface area contributed by atoms with Crippen LogP contribution in [0.2, 0.25) is 5.28 Å². The van der Waals surface area contributed by atoms with E-state index in [4.69, 9.17) is 11.6 Å². The van der Waals surface area contributed by atoms with Crippen LogP contribution < -0.4 is 0 Å². The fraction of sp³-hybridized carbons (Fsp3) is 0.500. The smallest absolute Gasteiger partial charge is 0.329 e. The maximum atomic E-state index is 12.9. The number of thiazole rings is 1. The van der Waals surface area contributed by atoms with Gasteiger partial charge in [-0.2, -0.15) is 18.2 Å². The Morgan fingerprint density at radius 2 is 2.09 bits per heavy atom. The van der Waals surface area contributed by atoms with Crippen LogP contribution in [0.25, 0.3) is 21.6 Å². The van der Waals surface area contributed by atoms with Gasteiger partial charge in [-0.05, 0) is 50.1 Å². The molecular weight excluding hydrogens is 459 g/mol. The topological polar surface area (TPSA) is 46.8 Å².